The number of hydrogen-bond donors (Lipinski definition) is 1. The lowest BCUT2D eigenvalue weighted by molar-refractivity contribution is -0.139. The van der Waals surface area contributed by atoms with Gasteiger partial charge in [0.05, 0.1) is 17.7 Å². The van der Waals surface area contributed by atoms with Crippen LogP contribution in [-0.4, -0.2) is 50.9 Å². The van der Waals surface area contributed by atoms with Crippen molar-refractivity contribution >= 4 is 43.5 Å². The first-order valence-electron chi connectivity index (χ1n) is 13.7. The molecule has 3 aromatic carbocycles. The van der Waals surface area contributed by atoms with E-state index >= 15 is 0 Å². The number of para-hydroxylation sites is 1. The van der Waals surface area contributed by atoms with Gasteiger partial charge in [0.1, 0.15) is 18.3 Å². The number of ether oxygens (including phenoxy) is 1. The first-order valence-corrected chi connectivity index (χ1v) is 16.0. The number of carbonyl (C=O) groups excluding carboxylic acids is 2. The minimum Gasteiger partial charge on any atom is -0.497 e. The molecular weight excluding hydrogens is 606 g/mol. The number of carbonyl (C=O) groups is 2. The first-order chi connectivity index (χ1) is 19.7. The summed E-state index contributed by atoms with van der Waals surface area (Å²) in [5, 5.41) is 3.12. The van der Waals surface area contributed by atoms with Gasteiger partial charge in [-0.2, -0.15) is 0 Å². The van der Waals surface area contributed by atoms with E-state index in [1.54, 1.807) is 49.4 Å². The Hall–Kier alpha value is -3.37. The Kier molecular flexibility index (Phi) is 10.4. The number of nitrogens with zero attached hydrogens (tertiary/aromatic N) is 2. The fraction of sp³-hybridized carbons (Fsp3) is 0.355. The zero-order chi connectivity index (χ0) is 29.4. The van der Waals surface area contributed by atoms with E-state index in [2.05, 4.69) is 21.2 Å². The Balaban J connectivity index is 1.65. The van der Waals surface area contributed by atoms with Crippen LogP contribution in [0.1, 0.15) is 44.6 Å². The molecule has 2 amide bonds. The molecule has 8 nitrogen and oxygen atoms in total. The van der Waals surface area contributed by atoms with Crippen LogP contribution in [0.4, 0.5) is 5.69 Å². The van der Waals surface area contributed by atoms with Crippen molar-refractivity contribution in [1.82, 2.24) is 10.2 Å². The maximum Gasteiger partial charge on any atom is 0.264 e. The van der Waals surface area contributed by atoms with Crippen molar-refractivity contribution in [3.63, 3.8) is 0 Å². The third kappa shape index (κ3) is 7.89. The van der Waals surface area contributed by atoms with Crippen molar-refractivity contribution in [2.24, 2.45) is 0 Å². The number of anilines is 1. The molecule has 1 fully saturated rings. The topological polar surface area (TPSA) is 96.0 Å². The number of sulfonamides is 1. The highest BCUT2D eigenvalue weighted by Gasteiger charge is 2.33. The number of nitrogens with one attached hydrogen (secondary N) is 1. The van der Waals surface area contributed by atoms with E-state index in [-0.39, 0.29) is 23.4 Å². The molecule has 3 aromatic rings. The van der Waals surface area contributed by atoms with Crippen LogP contribution in [0.25, 0.3) is 0 Å². The highest BCUT2D eigenvalue weighted by atomic mass is 79.9. The molecule has 10 heteroatoms. The van der Waals surface area contributed by atoms with Gasteiger partial charge < -0.3 is 15.0 Å². The second kappa shape index (κ2) is 14.0. The van der Waals surface area contributed by atoms with E-state index in [1.807, 2.05) is 24.3 Å². The van der Waals surface area contributed by atoms with Crippen molar-refractivity contribution in [3.8, 4) is 5.75 Å². The number of amides is 2. The van der Waals surface area contributed by atoms with Gasteiger partial charge >= 0.3 is 0 Å². The van der Waals surface area contributed by atoms with Gasteiger partial charge in [-0.1, -0.05) is 65.5 Å². The Morgan fingerprint density at radius 2 is 1.66 bits per heavy atom. The summed E-state index contributed by atoms with van der Waals surface area (Å²) in [5.41, 5.74) is 1.16. The zero-order valence-corrected chi connectivity index (χ0v) is 25.7. The van der Waals surface area contributed by atoms with E-state index in [0.29, 0.717) is 11.4 Å². The summed E-state index contributed by atoms with van der Waals surface area (Å²) in [4.78, 5) is 28.9. The van der Waals surface area contributed by atoms with E-state index < -0.39 is 28.5 Å². The summed E-state index contributed by atoms with van der Waals surface area (Å²) in [7, 11) is -2.63. The molecule has 218 valence electrons. The van der Waals surface area contributed by atoms with Gasteiger partial charge in [-0.25, -0.2) is 8.42 Å². The van der Waals surface area contributed by atoms with Crippen LogP contribution in [0.3, 0.4) is 0 Å². The number of hydrogen-bond acceptors (Lipinski definition) is 5. The molecule has 4 rings (SSSR count). The summed E-state index contributed by atoms with van der Waals surface area (Å²) in [6, 6.07) is 21.3. The molecule has 1 N–H and O–H groups in total. The molecular formula is C31H36BrN3O5S. The fourth-order valence-corrected chi connectivity index (χ4v) is 6.84. The maximum absolute atomic E-state index is 14.0. The second-order valence-corrected chi connectivity index (χ2v) is 13.0. The Morgan fingerprint density at radius 3 is 2.29 bits per heavy atom. The molecule has 41 heavy (non-hydrogen) atoms. The normalized spacial score (nSPS) is 14.6. The van der Waals surface area contributed by atoms with Crippen LogP contribution in [0, 0.1) is 0 Å². The SMILES string of the molecule is COc1ccc(S(=O)(=O)N(CC(=O)N(Cc2cccc(Br)c2)[C@H](C)C(=O)NC2CCCCC2)c2ccccc2)cc1. The largest absolute Gasteiger partial charge is 0.497 e. The van der Waals surface area contributed by atoms with Crippen molar-refractivity contribution in [2.75, 3.05) is 18.0 Å². The summed E-state index contributed by atoms with van der Waals surface area (Å²) in [6.45, 7) is 1.36. The van der Waals surface area contributed by atoms with Crippen LogP contribution in [0.5, 0.6) is 5.75 Å². The summed E-state index contributed by atoms with van der Waals surface area (Å²) < 4.78 is 34.9. The van der Waals surface area contributed by atoms with Crippen molar-refractivity contribution < 1.29 is 22.7 Å². The fourth-order valence-electron chi connectivity index (χ4n) is 4.98. The summed E-state index contributed by atoms with van der Waals surface area (Å²) in [5.74, 6) is -0.217. The number of benzene rings is 3. The van der Waals surface area contributed by atoms with E-state index in [0.717, 1.165) is 46.4 Å². The molecule has 1 atom stereocenters. The van der Waals surface area contributed by atoms with Gasteiger partial charge in [0.2, 0.25) is 11.8 Å². The molecule has 1 aliphatic carbocycles. The molecule has 0 heterocycles. The number of rotatable bonds is 11. The Labute approximate surface area is 250 Å². The van der Waals surface area contributed by atoms with Gasteiger partial charge in [-0.3, -0.25) is 13.9 Å². The van der Waals surface area contributed by atoms with Crippen LogP contribution < -0.4 is 14.4 Å². The summed E-state index contributed by atoms with van der Waals surface area (Å²) >= 11 is 3.47. The highest BCUT2D eigenvalue weighted by Crippen LogP contribution is 2.26. The second-order valence-electron chi connectivity index (χ2n) is 10.2. The smallest absolute Gasteiger partial charge is 0.264 e. The molecule has 0 spiro atoms. The average Bonchev–Trinajstić information content (AvgIpc) is 2.99. The van der Waals surface area contributed by atoms with Gasteiger partial charge in [-0.05, 0) is 73.9 Å². The molecule has 0 unspecified atom stereocenters. The molecule has 0 aromatic heterocycles. The highest BCUT2D eigenvalue weighted by molar-refractivity contribution is 9.10. The third-order valence-electron chi connectivity index (χ3n) is 7.33. The predicted octanol–water partition coefficient (Wildman–Crippen LogP) is 5.52. The molecule has 0 aliphatic heterocycles. The minimum atomic E-state index is -4.13. The molecule has 0 bridgehead atoms. The predicted molar refractivity (Wildman–Crippen MR) is 163 cm³/mol. The van der Waals surface area contributed by atoms with Gasteiger partial charge in [0, 0.05) is 17.1 Å². The monoisotopic (exact) mass is 641 g/mol. The van der Waals surface area contributed by atoms with Crippen molar-refractivity contribution in [1.29, 1.82) is 0 Å². The zero-order valence-electron chi connectivity index (χ0n) is 23.3. The number of methoxy groups -OCH3 is 1. The molecule has 0 saturated heterocycles. The Bertz CT molecular complexity index is 1430. The van der Waals surface area contributed by atoms with Crippen LogP contribution >= 0.6 is 15.9 Å². The van der Waals surface area contributed by atoms with E-state index in [9.17, 15) is 18.0 Å². The standard InChI is InChI=1S/C31H36BrN3O5S/c1-23(31(37)33-26-12-5-3-6-13-26)34(21-24-10-9-11-25(32)20-24)30(36)22-35(27-14-7-4-8-15-27)41(38,39)29-18-16-28(40-2)17-19-29/h4,7-11,14-20,23,26H,3,5-6,12-13,21-22H2,1-2H3,(H,33,37)/t23-/m1/s1. The molecule has 1 aliphatic rings. The van der Waals surface area contributed by atoms with Crippen LogP contribution in [0.15, 0.2) is 88.2 Å². The van der Waals surface area contributed by atoms with Crippen LogP contribution in [-0.2, 0) is 26.2 Å². The van der Waals surface area contributed by atoms with Gasteiger partial charge in [0.25, 0.3) is 10.0 Å². The third-order valence-corrected chi connectivity index (χ3v) is 9.61. The van der Waals surface area contributed by atoms with Crippen molar-refractivity contribution in [3.05, 3.63) is 88.9 Å². The minimum absolute atomic E-state index is 0.0246. The van der Waals surface area contributed by atoms with Gasteiger partial charge in [-0.15, -0.1) is 0 Å². The average molecular weight is 643 g/mol. The lowest BCUT2D eigenvalue weighted by Gasteiger charge is -2.33. The summed E-state index contributed by atoms with van der Waals surface area (Å²) in [6.07, 6.45) is 5.12. The first kappa shape index (κ1) is 30.6. The molecule has 0 radical (unpaired) electrons. The van der Waals surface area contributed by atoms with E-state index in [4.69, 9.17) is 4.74 Å². The number of halogens is 1. The van der Waals surface area contributed by atoms with Crippen LogP contribution in [0.2, 0.25) is 0 Å². The van der Waals surface area contributed by atoms with Gasteiger partial charge in [0.15, 0.2) is 0 Å². The van der Waals surface area contributed by atoms with E-state index in [1.165, 1.54) is 24.1 Å². The van der Waals surface area contributed by atoms with Crippen molar-refractivity contribution in [2.45, 2.75) is 62.6 Å². The maximum atomic E-state index is 14.0. The quantitative estimate of drug-likeness (QED) is 0.297. The molecule has 1 saturated carbocycles. The Morgan fingerprint density at radius 1 is 0.976 bits per heavy atom. The lowest BCUT2D eigenvalue weighted by atomic mass is 9.95. The lowest BCUT2D eigenvalue weighted by Crippen LogP contribution is -2.53.